The zero-order valence-corrected chi connectivity index (χ0v) is 22.6. The van der Waals surface area contributed by atoms with Crippen LogP contribution in [0.1, 0.15) is 31.7 Å². The first kappa shape index (κ1) is 26.7. The van der Waals surface area contributed by atoms with E-state index >= 15 is 0 Å². The second-order valence-electron chi connectivity index (χ2n) is 10.7. The summed E-state index contributed by atoms with van der Waals surface area (Å²) in [5.41, 5.74) is 1.31. The summed E-state index contributed by atoms with van der Waals surface area (Å²) in [7, 11) is 0. The molecule has 9 heteroatoms. The molecule has 0 unspecified atom stereocenters. The SMILES string of the molecule is CC(=O)N1CCN(C(=O)CN2CN(c3ccccc3)C3(CCN(C(=O)CCc4ccccc4)CC3)C2=O)CC1. The Labute approximate surface area is 229 Å². The molecule has 0 saturated carbocycles. The predicted molar refractivity (Wildman–Crippen MR) is 148 cm³/mol. The van der Waals surface area contributed by atoms with Crippen molar-refractivity contribution in [2.75, 3.05) is 57.4 Å². The number of nitrogens with zero attached hydrogens (tertiary/aromatic N) is 5. The highest BCUT2D eigenvalue weighted by atomic mass is 16.2. The molecule has 3 aliphatic heterocycles. The molecule has 3 aliphatic rings. The second-order valence-corrected chi connectivity index (χ2v) is 10.7. The third-order valence-electron chi connectivity index (χ3n) is 8.40. The lowest BCUT2D eigenvalue weighted by Crippen LogP contribution is -2.57. The summed E-state index contributed by atoms with van der Waals surface area (Å²) < 4.78 is 0. The fraction of sp³-hybridized carbons (Fsp3) is 0.467. The van der Waals surface area contributed by atoms with E-state index in [1.165, 1.54) is 0 Å². The average Bonchev–Trinajstić information content (AvgIpc) is 3.23. The molecule has 2 aromatic rings. The number of para-hydroxylation sites is 1. The second kappa shape index (κ2) is 11.5. The van der Waals surface area contributed by atoms with Crippen LogP contribution in [0.5, 0.6) is 0 Å². The number of anilines is 1. The minimum Gasteiger partial charge on any atom is -0.342 e. The molecular weight excluding hydrogens is 494 g/mol. The number of hydrogen-bond acceptors (Lipinski definition) is 5. The highest BCUT2D eigenvalue weighted by Crippen LogP contribution is 2.39. The molecule has 3 fully saturated rings. The topological polar surface area (TPSA) is 84.5 Å². The van der Waals surface area contributed by atoms with Gasteiger partial charge in [-0.15, -0.1) is 0 Å². The third-order valence-corrected chi connectivity index (χ3v) is 8.40. The van der Waals surface area contributed by atoms with Crippen molar-refractivity contribution in [2.45, 2.75) is 38.1 Å². The maximum atomic E-state index is 14.0. The van der Waals surface area contributed by atoms with Crippen molar-refractivity contribution in [3.63, 3.8) is 0 Å². The Morgan fingerprint density at radius 3 is 1.92 bits per heavy atom. The fourth-order valence-corrected chi connectivity index (χ4v) is 6.04. The van der Waals surface area contributed by atoms with Crippen molar-refractivity contribution in [3.8, 4) is 0 Å². The minimum atomic E-state index is -0.773. The van der Waals surface area contributed by atoms with Crippen LogP contribution < -0.4 is 4.90 Å². The van der Waals surface area contributed by atoms with Gasteiger partial charge in [0, 0.05) is 58.3 Å². The van der Waals surface area contributed by atoms with Gasteiger partial charge >= 0.3 is 0 Å². The summed E-state index contributed by atoms with van der Waals surface area (Å²) >= 11 is 0. The van der Waals surface area contributed by atoms with E-state index in [1.54, 1.807) is 21.6 Å². The normalized spacial score (nSPS) is 19.1. The number of amides is 4. The molecule has 0 aliphatic carbocycles. The number of piperidine rings is 1. The standard InChI is InChI=1S/C30H37N5O4/c1-24(36)31-18-20-33(21-19-31)28(38)22-34-23-35(26-10-6-3-7-11-26)30(29(34)39)14-16-32(17-15-30)27(37)13-12-25-8-4-2-5-9-25/h2-11H,12-23H2,1H3. The number of carbonyl (C=O) groups excluding carboxylic acids is 4. The van der Waals surface area contributed by atoms with E-state index < -0.39 is 5.54 Å². The molecule has 0 bridgehead atoms. The van der Waals surface area contributed by atoms with E-state index in [4.69, 9.17) is 0 Å². The minimum absolute atomic E-state index is 0.0159. The Morgan fingerprint density at radius 2 is 1.31 bits per heavy atom. The van der Waals surface area contributed by atoms with Crippen LogP contribution in [0.4, 0.5) is 5.69 Å². The lowest BCUT2D eigenvalue weighted by atomic mass is 9.85. The van der Waals surface area contributed by atoms with Crippen molar-refractivity contribution in [2.24, 2.45) is 0 Å². The van der Waals surface area contributed by atoms with Crippen LogP contribution in [0.3, 0.4) is 0 Å². The zero-order chi connectivity index (χ0) is 27.4. The van der Waals surface area contributed by atoms with E-state index in [0.717, 1.165) is 11.3 Å². The summed E-state index contributed by atoms with van der Waals surface area (Å²) in [6.45, 7) is 4.91. The lowest BCUT2D eigenvalue weighted by molar-refractivity contribution is -0.144. The maximum absolute atomic E-state index is 14.0. The van der Waals surface area contributed by atoms with Gasteiger partial charge in [-0.05, 0) is 37.0 Å². The van der Waals surface area contributed by atoms with Gasteiger partial charge in [0.25, 0.3) is 5.91 Å². The Balaban J connectivity index is 1.25. The quantitative estimate of drug-likeness (QED) is 0.569. The van der Waals surface area contributed by atoms with Crippen LogP contribution in [0.15, 0.2) is 60.7 Å². The van der Waals surface area contributed by atoms with E-state index in [1.807, 2.05) is 65.6 Å². The van der Waals surface area contributed by atoms with Crippen LogP contribution in [0, 0.1) is 0 Å². The van der Waals surface area contributed by atoms with Gasteiger partial charge in [0.2, 0.25) is 17.7 Å². The maximum Gasteiger partial charge on any atom is 0.250 e. The molecule has 0 N–H and O–H groups in total. The van der Waals surface area contributed by atoms with E-state index in [-0.39, 0.29) is 30.2 Å². The molecule has 5 rings (SSSR count). The molecular formula is C30H37N5O4. The Kier molecular flexibility index (Phi) is 7.86. The van der Waals surface area contributed by atoms with Crippen molar-refractivity contribution in [1.82, 2.24) is 19.6 Å². The number of hydrogen-bond donors (Lipinski definition) is 0. The van der Waals surface area contributed by atoms with Crippen LogP contribution in [0.2, 0.25) is 0 Å². The molecule has 3 saturated heterocycles. The Morgan fingerprint density at radius 1 is 0.744 bits per heavy atom. The zero-order valence-electron chi connectivity index (χ0n) is 22.6. The molecule has 0 atom stereocenters. The largest absolute Gasteiger partial charge is 0.342 e. The average molecular weight is 532 g/mol. The molecule has 3 heterocycles. The molecule has 4 amide bonds. The van der Waals surface area contributed by atoms with Crippen LogP contribution in [-0.4, -0.2) is 101 Å². The number of aryl methyl sites for hydroxylation is 1. The first-order valence-electron chi connectivity index (χ1n) is 13.8. The van der Waals surface area contributed by atoms with Crippen molar-refractivity contribution >= 4 is 29.3 Å². The summed E-state index contributed by atoms with van der Waals surface area (Å²) in [6.07, 6.45) is 2.21. The van der Waals surface area contributed by atoms with Crippen molar-refractivity contribution in [1.29, 1.82) is 0 Å². The van der Waals surface area contributed by atoms with E-state index in [0.29, 0.717) is 71.6 Å². The molecule has 206 valence electrons. The van der Waals surface area contributed by atoms with Crippen molar-refractivity contribution in [3.05, 3.63) is 66.2 Å². The molecule has 39 heavy (non-hydrogen) atoms. The number of rotatable bonds is 6. The summed E-state index contributed by atoms with van der Waals surface area (Å²) in [6, 6.07) is 19.9. The van der Waals surface area contributed by atoms with Gasteiger partial charge in [-0.1, -0.05) is 48.5 Å². The van der Waals surface area contributed by atoms with Crippen LogP contribution in [0.25, 0.3) is 0 Å². The van der Waals surface area contributed by atoms with Gasteiger partial charge in [-0.3, -0.25) is 19.2 Å². The Bertz CT molecular complexity index is 1190. The van der Waals surface area contributed by atoms with Crippen LogP contribution in [-0.2, 0) is 25.6 Å². The van der Waals surface area contributed by atoms with Gasteiger partial charge in [0.05, 0.1) is 6.67 Å². The van der Waals surface area contributed by atoms with Gasteiger partial charge in [-0.2, -0.15) is 0 Å². The fourth-order valence-electron chi connectivity index (χ4n) is 6.04. The van der Waals surface area contributed by atoms with Gasteiger partial charge < -0.3 is 24.5 Å². The first-order valence-corrected chi connectivity index (χ1v) is 13.8. The van der Waals surface area contributed by atoms with E-state index in [2.05, 4.69) is 4.90 Å². The highest BCUT2D eigenvalue weighted by molar-refractivity contribution is 5.96. The van der Waals surface area contributed by atoms with Gasteiger partial charge in [0.15, 0.2) is 0 Å². The Hall–Kier alpha value is -3.88. The van der Waals surface area contributed by atoms with Gasteiger partial charge in [-0.25, -0.2) is 0 Å². The molecule has 9 nitrogen and oxygen atoms in total. The summed E-state index contributed by atoms with van der Waals surface area (Å²) in [5, 5.41) is 0. The number of likely N-dealkylation sites (tertiary alicyclic amines) is 1. The van der Waals surface area contributed by atoms with Crippen LogP contribution >= 0.6 is 0 Å². The number of piperazine rings is 1. The first-order chi connectivity index (χ1) is 18.9. The molecule has 0 radical (unpaired) electrons. The van der Waals surface area contributed by atoms with E-state index in [9.17, 15) is 19.2 Å². The highest BCUT2D eigenvalue weighted by Gasteiger charge is 2.54. The predicted octanol–water partition coefficient (Wildman–Crippen LogP) is 1.98. The molecule has 1 spiro atoms. The summed E-state index contributed by atoms with van der Waals surface area (Å²) in [5.74, 6) is -0.00657. The summed E-state index contributed by atoms with van der Waals surface area (Å²) in [4.78, 5) is 61.0. The monoisotopic (exact) mass is 531 g/mol. The third kappa shape index (κ3) is 5.62. The van der Waals surface area contributed by atoms with Gasteiger partial charge in [0.1, 0.15) is 12.1 Å². The number of carbonyl (C=O) groups is 4. The number of benzene rings is 2. The molecule has 2 aromatic carbocycles. The lowest BCUT2D eigenvalue weighted by Gasteiger charge is -2.43. The smallest absolute Gasteiger partial charge is 0.250 e. The van der Waals surface area contributed by atoms with Crippen molar-refractivity contribution < 1.29 is 19.2 Å². The molecule has 0 aromatic heterocycles.